The average Bonchev–Trinajstić information content (AvgIpc) is 2.96. The number of amides is 1. The van der Waals surface area contributed by atoms with E-state index in [1.165, 1.54) is 6.92 Å². The summed E-state index contributed by atoms with van der Waals surface area (Å²) in [5.41, 5.74) is 1.69. The van der Waals surface area contributed by atoms with Crippen molar-refractivity contribution in [2.24, 2.45) is 0 Å². The number of nitrogens with one attached hydrogen (secondary N) is 3. The fraction of sp³-hybridized carbons (Fsp3) is 0.176. The Balaban J connectivity index is 1.89. The number of carboxylic acids is 1. The summed E-state index contributed by atoms with van der Waals surface area (Å²) < 4.78 is 0. The van der Waals surface area contributed by atoms with E-state index in [4.69, 9.17) is 0 Å². The van der Waals surface area contributed by atoms with E-state index in [1.807, 2.05) is 0 Å². The number of anilines is 1. The average molecular weight is 340 g/mol. The number of H-pyrrole nitrogens is 2. The van der Waals surface area contributed by atoms with E-state index in [0.717, 1.165) is 5.56 Å². The molecule has 1 aromatic carbocycles. The van der Waals surface area contributed by atoms with Crippen LogP contribution in [0.5, 0.6) is 0 Å². The summed E-state index contributed by atoms with van der Waals surface area (Å²) >= 11 is 0. The smallest absolute Gasteiger partial charge is 0.335 e. The van der Waals surface area contributed by atoms with Crippen molar-refractivity contribution in [3.63, 3.8) is 0 Å². The highest BCUT2D eigenvalue weighted by atomic mass is 16.4. The second-order valence-corrected chi connectivity index (χ2v) is 5.60. The lowest BCUT2D eigenvalue weighted by Crippen LogP contribution is -2.16. The molecule has 3 rings (SSSR count). The maximum Gasteiger partial charge on any atom is 0.335 e. The van der Waals surface area contributed by atoms with E-state index in [9.17, 15) is 19.5 Å². The molecule has 0 saturated heterocycles. The van der Waals surface area contributed by atoms with Crippen LogP contribution in [0.25, 0.3) is 11.0 Å². The largest absolute Gasteiger partial charge is 0.478 e. The number of carbonyl (C=O) groups is 2. The van der Waals surface area contributed by atoms with E-state index in [1.54, 1.807) is 30.5 Å². The van der Waals surface area contributed by atoms with E-state index >= 15 is 0 Å². The fourth-order valence-corrected chi connectivity index (χ4v) is 2.74. The summed E-state index contributed by atoms with van der Waals surface area (Å²) in [5, 5.41) is 12.1. The minimum absolute atomic E-state index is 0.0784. The van der Waals surface area contributed by atoms with Crippen molar-refractivity contribution in [1.29, 1.82) is 0 Å². The number of hydrogen-bond acceptors (Lipinski definition) is 4. The predicted octanol–water partition coefficient (Wildman–Crippen LogP) is 1.69. The molecule has 0 unspecified atom stereocenters. The molecule has 0 fully saturated rings. The van der Waals surface area contributed by atoms with Crippen LogP contribution in [0.4, 0.5) is 5.95 Å². The van der Waals surface area contributed by atoms with Crippen molar-refractivity contribution < 1.29 is 14.7 Å². The molecule has 2 aromatic heterocycles. The Kier molecular flexibility index (Phi) is 4.34. The summed E-state index contributed by atoms with van der Waals surface area (Å²) in [6.45, 7) is 1.32. The van der Waals surface area contributed by atoms with Gasteiger partial charge in [-0.2, -0.15) is 4.98 Å². The first-order chi connectivity index (χ1) is 12.0. The van der Waals surface area contributed by atoms with Crippen molar-refractivity contribution >= 4 is 28.9 Å². The lowest BCUT2D eigenvalue weighted by Gasteiger charge is -2.05. The SMILES string of the molecule is CC(=O)Nc1nc2[nH]cc(CCc3ccccc3C(=O)O)c2c(=O)[nH]1. The number of aromatic carboxylic acids is 1. The van der Waals surface area contributed by atoms with Gasteiger partial charge in [-0.05, 0) is 30.0 Å². The summed E-state index contributed by atoms with van der Waals surface area (Å²) in [7, 11) is 0. The number of hydrogen-bond donors (Lipinski definition) is 4. The molecular weight excluding hydrogens is 324 g/mol. The molecule has 4 N–H and O–H groups in total. The van der Waals surface area contributed by atoms with Crippen molar-refractivity contribution in [3.8, 4) is 0 Å². The molecule has 0 aliphatic rings. The molecule has 0 spiro atoms. The van der Waals surface area contributed by atoms with Gasteiger partial charge in [0, 0.05) is 13.1 Å². The number of fused-ring (bicyclic) bond motifs is 1. The first-order valence-electron chi connectivity index (χ1n) is 7.65. The zero-order chi connectivity index (χ0) is 18.0. The van der Waals surface area contributed by atoms with Gasteiger partial charge in [0.05, 0.1) is 10.9 Å². The first-order valence-corrected chi connectivity index (χ1v) is 7.65. The standard InChI is InChI=1S/C17H16N4O4/c1-9(22)19-17-20-14-13(15(23)21-17)11(8-18-14)7-6-10-4-2-3-5-12(10)16(24)25/h2-5,8H,6-7H2,1H3,(H,24,25)(H3,18,19,20,21,22,23). The number of benzene rings is 1. The highest BCUT2D eigenvalue weighted by molar-refractivity contribution is 5.89. The van der Waals surface area contributed by atoms with Crippen LogP contribution in [0, 0.1) is 0 Å². The molecule has 8 heteroatoms. The molecule has 3 aromatic rings. The van der Waals surface area contributed by atoms with Crippen LogP contribution in [0.15, 0.2) is 35.3 Å². The van der Waals surface area contributed by atoms with Gasteiger partial charge in [0.1, 0.15) is 5.65 Å². The third-order valence-corrected chi connectivity index (χ3v) is 3.83. The van der Waals surface area contributed by atoms with E-state index < -0.39 is 5.97 Å². The van der Waals surface area contributed by atoms with Gasteiger partial charge in [0.25, 0.3) is 5.56 Å². The fourth-order valence-electron chi connectivity index (χ4n) is 2.74. The number of carboxylic acid groups (broad SMARTS) is 1. The van der Waals surface area contributed by atoms with Crippen LogP contribution in [0.2, 0.25) is 0 Å². The molecule has 0 atom stereocenters. The Hall–Kier alpha value is -3.42. The number of rotatable bonds is 5. The zero-order valence-electron chi connectivity index (χ0n) is 13.4. The lowest BCUT2D eigenvalue weighted by molar-refractivity contribution is -0.114. The molecule has 0 aliphatic carbocycles. The van der Waals surface area contributed by atoms with Gasteiger partial charge >= 0.3 is 5.97 Å². The van der Waals surface area contributed by atoms with E-state index in [0.29, 0.717) is 29.4 Å². The number of aryl methyl sites for hydroxylation is 2. The Labute approximate surface area is 141 Å². The summed E-state index contributed by atoms with van der Waals surface area (Å²) in [6, 6.07) is 6.78. The van der Waals surface area contributed by atoms with Gasteiger partial charge in [-0.15, -0.1) is 0 Å². The van der Waals surface area contributed by atoms with E-state index in [2.05, 4.69) is 20.3 Å². The van der Waals surface area contributed by atoms with Crippen LogP contribution in [0.3, 0.4) is 0 Å². The second-order valence-electron chi connectivity index (χ2n) is 5.60. The monoisotopic (exact) mass is 340 g/mol. The van der Waals surface area contributed by atoms with Crippen molar-refractivity contribution in [2.45, 2.75) is 19.8 Å². The molecule has 25 heavy (non-hydrogen) atoms. The van der Waals surface area contributed by atoms with Crippen molar-refractivity contribution in [2.75, 3.05) is 5.32 Å². The molecule has 128 valence electrons. The highest BCUT2D eigenvalue weighted by Crippen LogP contribution is 2.17. The highest BCUT2D eigenvalue weighted by Gasteiger charge is 2.14. The van der Waals surface area contributed by atoms with Gasteiger partial charge in [0.2, 0.25) is 11.9 Å². The van der Waals surface area contributed by atoms with Crippen molar-refractivity contribution in [1.82, 2.24) is 15.0 Å². The quantitative estimate of drug-likeness (QED) is 0.562. The molecule has 8 nitrogen and oxygen atoms in total. The van der Waals surface area contributed by atoms with Gasteiger partial charge in [0.15, 0.2) is 0 Å². The Bertz CT molecular complexity index is 1020. The van der Waals surface area contributed by atoms with Crippen LogP contribution in [0.1, 0.15) is 28.4 Å². The molecule has 1 amide bonds. The number of aromatic amines is 2. The van der Waals surface area contributed by atoms with Crippen LogP contribution in [-0.4, -0.2) is 31.9 Å². The molecule has 0 saturated carbocycles. The van der Waals surface area contributed by atoms with Crippen LogP contribution < -0.4 is 10.9 Å². The van der Waals surface area contributed by atoms with Crippen LogP contribution in [-0.2, 0) is 17.6 Å². The van der Waals surface area contributed by atoms with Gasteiger partial charge < -0.3 is 10.1 Å². The normalized spacial score (nSPS) is 10.8. The molecule has 0 aliphatic heterocycles. The molecule has 2 heterocycles. The third-order valence-electron chi connectivity index (χ3n) is 3.83. The van der Waals surface area contributed by atoms with Gasteiger partial charge in [-0.3, -0.25) is 19.9 Å². The van der Waals surface area contributed by atoms with E-state index in [-0.39, 0.29) is 23.0 Å². The van der Waals surface area contributed by atoms with Gasteiger partial charge in [-0.1, -0.05) is 18.2 Å². The maximum atomic E-state index is 12.3. The van der Waals surface area contributed by atoms with Gasteiger partial charge in [-0.25, -0.2) is 4.79 Å². The summed E-state index contributed by atoms with van der Waals surface area (Å²) in [5.74, 6) is -1.23. The van der Waals surface area contributed by atoms with Crippen LogP contribution >= 0.6 is 0 Å². The van der Waals surface area contributed by atoms with Crippen molar-refractivity contribution in [3.05, 3.63) is 57.5 Å². The maximum absolute atomic E-state index is 12.3. The number of nitrogens with zero attached hydrogens (tertiary/aromatic N) is 1. The minimum Gasteiger partial charge on any atom is -0.478 e. The number of carbonyl (C=O) groups excluding carboxylic acids is 1. The zero-order valence-corrected chi connectivity index (χ0v) is 13.4. The molecular formula is C17H16N4O4. The molecule has 0 radical (unpaired) electrons. The summed E-state index contributed by atoms with van der Waals surface area (Å²) in [6.07, 6.45) is 2.63. The topological polar surface area (TPSA) is 128 Å². The predicted molar refractivity (Wildman–Crippen MR) is 91.8 cm³/mol. The summed E-state index contributed by atoms with van der Waals surface area (Å²) in [4.78, 5) is 44.2. The Morgan fingerprint density at radius 3 is 2.64 bits per heavy atom. The lowest BCUT2D eigenvalue weighted by atomic mass is 10.00. The molecule has 0 bridgehead atoms. The minimum atomic E-state index is -0.978. The Morgan fingerprint density at radius 1 is 1.20 bits per heavy atom. The third kappa shape index (κ3) is 3.42. The Morgan fingerprint density at radius 2 is 1.92 bits per heavy atom. The first kappa shape index (κ1) is 16.4. The number of aromatic nitrogens is 3. The second kappa shape index (κ2) is 6.60.